The zero-order valence-electron chi connectivity index (χ0n) is 10.0. The molecule has 0 radical (unpaired) electrons. The lowest BCUT2D eigenvalue weighted by molar-refractivity contribution is -0.104. The molecule has 1 nitrogen and oxygen atoms in total. The van der Waals surface area contributed by atoms with Gasteiger partial charge < -0.3 is 0 Å². The van der Waals surface area contributed by atoms with Gasteiger partial charge in [0.2, 0.25) is 0 Å². The van der Waals surface area contributed by atoms with Crippen LogP contribution in [0.15, 0.2) is 24.3 Å². The molecule has 0 bridgehead atoms. The minimum Gasteiger partial charge on any atom is -0.299 e. The summed E-state index contributed by atoms with van der Waals surface area (Å²) >= 11 is 0. The highest BCUT2D eigenvalue weighted by atomic mass is 16.1. The maximum atomic E-state index is 10.1. The molecule has 16 heavy (non-hydrogen) atoms. The van der Waals surface area contributed by atoms with Gasteiger partial charge in [-0.2, -0.15) is 0 Å². The summed E-state index contributed by atoms with van der Waals surface area (Å²) in [6, 6.07) is 0. The van der Waals surface area contributed by atoms with E-state index in [0.29, 0.717) is 0 Å². The van der Waals surface area contributed by atoms with E-state index in [0.717, 1.165) is 17.6 Å². The van der Waals surface area contributed by atoms with Gasteiger partial charge in [0.05, 0.1) is 0 Å². The first kappa shape index (κ1) is 11.6. The highest BCUT2D eigenvalue weighted by Crippen LogP contribution is 2.50. The summed E-state index contributed by atoms with van der Waals surface area (Å²) in [5.41, 5.74) is 0.739. The predicted molar refractivity (Wildman–Crippen MR) is 67.2 cm³/mol. The van der Waals surface area contributed by atoms with Crippen molar-refractivity contribution in [1.29, 1.82) is 0 Å². The Morgan fingerprint density at radius 2 is 1.56 bits per heavy atom. The molecule has 0 saturated heterocycles. The van der Waals surface area contributed by atoms with Crippen molar-refractivity contribution < 1.29 is 4.79 Å². The minimum absolute atomic E-state index is 0.739. The third kappa shape index (κ3) is 2.84. The Labute approximate surface area is 98.6 Å². The van der Waals surface area contributed by atoms with E-state index in [1.807, 2.05) is 12.2 Å². The average molecular weight is 218 g/mol. The molecule has 0 atom stereocenters. The predicted octanol–water partition coefficient (Wildman–Crippen LogP) is 4.05. The molecule has 2 aliphatic carbocycles. The molecule has 0 aromatic rings. The highest BCUT2D eigenvalue weighted by Gasteiger charge is 2.36. The van der Waals surface area contributed by atoms with Gasteiger partial charge in [0.25, 0.3) is 0 Å². The van der Waals surface area contributed by atoms with Gasteiger partial charge in [-0.05, 0) is 55.9 Å². The number of hydrogen-bond acceptors (Lipinski definition) is 1. The number of allylic oxidation sites excluding steroid dienone is 4. The van der Waals surface area contributed by atoms with Crippen molar-refractivity contribution in [3.8, 4) is 0 Å². The first-order chi connectivity index (χ1) is 7.85. The molecule has 2 saturated carbocycles. The molecule has 0 heterocycles. The van der Waals surface area contributed by atoms with Crippen LogP contribution in [0.1, 0.15) is 51.4 Å². The third-order valence-electron chi connectivity index (χ3n) is 4.44. The molecule has 0 aromatic heterocycles. The Morgan fingerprint density at radius 1 is 0.875 bits per heavy atom. The number of hydrogen-bond donors (Lipinski definition) is 0. The first-order valence-electron chi connectivity index (χ1n) is 6.63. The van der Waals surface area contributed by atoms with Gasteiger partial charge in [-0.1, -0.05) is 31.1 Å². The van der Waals surface area contributed by atoms with E-state index >= 15 is 0 Å². The summed E-state index contributed by atoms with van der Waals surface area (Å²) < 4.78 is 0. The van der Waals surface area contributed by atoms with Crippen LogP contribution in [0, 0.1) is 11.3 Å². The van der Waals surface area contributed by atoms with E-state index in [2.05, 4.69) is 6.08 Å². The second-order valence-electron chi connectivity index (χ2n) is 5.45. The summed E-state index contributed by atoms with van der Waals surface area (Å²) in [6.45, 7) is 0. The zero-order valence-corrected chi connectivity index (χ0v) is 10.0. The second kappa shape index (κ2) is 5.47. The Hall–Kier alpha value is -0.850. The van der Waals surface area contributed by atoms with E-state index in [1.54, 1.807) is 6.08 Å². The van der Waals surface area contributed by atoms with Gasteiger partial charge in [-0.3, -0.25) is 4.79 Å². The lowest BCUT2D eigenvalue weighted by Gasteiger charge is -2.36. The molecule has 1 spiro atoms. The summed E-state index contributed by atoms with van der Waals surface area (Å²) in [5.74, 6) is 0.752. The molecule has 0 N–H and O–H groups in total. The van der Waals surface area contributed by atoms with Gasteiger partial charge in [0, 0.05) is 0 Å². The summed E-state index contributed by atoms with van der Waals surface area (Å²) in [6.07, 6.45) is 20.0. The molecule has 0 aromatic carbocycles. The van der Waals surface area contributed by atoms with Crippen LogP contribution < -0.4 is 0 Å². The topological polar surface area (TPSA) is 17.1 Å². The average Bonchev–Trinajstić information content (AvgIpc) is 2.76. The van der Waals surface area contributed by atoms with Gasteiger partial charge in [0.15, 0.2) is 0 Å². The van der Waals surface area contributed by atoms with Crippen LogP contribution in [0.4, 0.5) is 0 Å². The largest absolute Gasteiger partial charge is 0.299 e. The molecule has 0 unspecified atom stereocenters. The fourth-order valence-corrected chi connectivity index (χ4v) is 3.40. The molecule has 88 valence electrons. The Kier molecular flexibility index (Phi) is 3.98. The summed E-state index contributed by atoms with van der Waals surface area (Å²) in [5, 5.41) is 0. The molecule has 2 aliphatic rings. The van der Waals surface area contributed by atoms with Crippen molar-refractivity contribution in [2.45, 2.75) is 51.4 Å². The normalized spacial score (nSPS) is 26.0. The van der Waals surface area contributed by atoms with Crippen molar-refractivity contribution in [1.82, 2.24) is 0 Å². The number of carbonyl (C=O) groups excluding carboxylic acids is 1. The second-order valence-corrected chi connectivity index (χ2v) is 5.45. The first-order valence-corrected chi connectivity index (χ1v) is 6.63. The van der Waals surface area contributed by atoms with Gasteiger partial charge >= 0.3 is 0 Å². The maximum Gasteiger partial charge on any atom is 0.142 e. The maximum absolute atomic E-state index is 10.1. The van der Waals surface area contributed by atoms with Crippen LogP contribution in [0.2, 0.25) is 0 Å². The van der Waals surface area contributed by atoms with Crippen LogP contribution >= 0.6 is 0 Å². The van der Waals surface area contributed by atoms with Crippen LogP contribution in [0.25, 0.3) is 0 Å². The fourth-order valence-electron chi connectivity index (χ4n) is 3.40. The molecule has 2 rings (SSSR count). The van der Waals surface area contributed by atoms with E-state index < -0.39 is 0 Å². The van der Waals surface area contributed by atoms with Gasteiger partial charge in [0.1, 0.15) is 6.29 Å². The zero-order chi connectivity index (χ0) is 11.3. The van der Waals surface area contributed by atoms with E-state index in [-0.39, 0.29) is 0 Å². The Bertz CT molecular complexity index is 272. The van der Waals surface area contributed by atoms with E-state index in [1.165, 1.54) is 51.4 Å². The third-order valence-corrected chi connectivity index (χ3v) is 4.44. The SMILES string of the molecule is O=CC=CC=CC1CCC2(CCCC2)CC1. The fraction of sp³-hybridized carbons (Fsp3) is 0.667. The standard InChI is InChI=1S/C15H22O/c16-13-5-1-2-6-14-7-11-15(12-8-14)9-3-4-10-15/h1-2,5-6,13-14H,3-4,7-12H2. The molecule has 0 aliphatic heterocycles. The van der Waals surface area contributed by atoms with Gasteiger partial charge in [-0.25, -0.2) is 0 Å². The lowest BCUT2D eigenvalue weighted by Crippen LogP contribution is -2.23. The van der Waals surface area contributed by atoms with Crippen LogP contribution in [-0.2, 0) is 4.79 Å². The van der Waals surface area contributed by atoms with Crippen molar-refractivity contribution in [2.24, 2.45) is 11.3 Å². The van der Waals surface area contributed by atoms with Crippen molar-refractivity contribution in [2.75, 3.05) is 0 Å². The highest BCUT2D eigenvalue weighted by molar-refractivity contribution is 5.65. The number of aldehydes is 1. The molecule has 0 amide bonds. The number of carbonyl (C=O) groups is 1. The summed E-state index contributed by atoms with van der Waals surface area (Å²) in [7, 11) is 0. The molecule has 2 fully saturated rings. The van der Waals surface area contributed by atoms with Gasteiger partial charge in [-0.15, -0.1) is 0 Å². The minimum atomic E-state index is 0.739. The van der Waals surface area contributed by atoms with Crippen molar-refractivity contribution >= 4 is 6.29 Å². The van der Waals surface area contributed by atoms with Crippen molar-refractivity contribution in [3.63, 3.8) is 0 Å². The van der Waals surface area contributed by atoms with E-state index in [4.69, 9.17) is 0 Å². The molecular weight excluding hydrogens is 196 g/mol. The summed E-state index contributed by atoms with van der Waals surface area (Å²) in [4.78, 5) is 10.1. The monoisotopic (exact) mass is 218 g/mol. The molecular formula is C15H22O. The Balaban J connectivity index is 1.78. The quantitative estimate of drug-likeness (QED) is 0.397. The number of rotatable bonds is 3. The van der Waals surface area contributed by atoms with Crippen LogP contribution in [0.3, 0.4) is 0 Å². The van der Waals surface area contributed by atoms with Crippen LogP contribution in [-0.4, -0.2) is 6.29 Å². The lowest BCUT2D eigenvalue weighted by atomic mass is 9.69. The van der Waals surface area contributed by atoms with Crippen molar-refractivity contribution in [3.05, 3.63) is 24.3 Å². The van der Waals surface area contributed by atoms with Crippen LogP contribution in [0.5, 0.6) is 0 Å². The van der Waals surface area contributed by atoms with E-state index in [9.17, 15) is 4.79 Å². The smallest absolute Gasteiger partial charge is 0.142 e. The molecule has 1 heteroatoms. The Morgan fingerprint density at radius 3 is 2.19 bits per heavy atom.